The Bertz CT molecular complexity index is 1480. The van der Waals surface area contributed by atoms with Gasteiger partial charge in [0.25, 0.3) is 11.8 Å². The van der Waals surface area contributed by atoms with Crippen LogP contribution >= 0.6 is 11.6 Å². The van der Waals surface area contributed by atoms with Crippen molar-refractivity contribution in [3.05, 3.63) is 47.4 Å². The van der Waals surface area contributed by atoms with E-state index in [1.165, 1.54) is 29.2 Å². The average molecular weight is 607 g/mol. The molecular weight excluding hydrogens is 578 g/mol. The molecule has 0 spiro atoms. The highest BCUT2D eigenvalue weighted by molar-refractivity contribution is 6.30. The zero-order valence-corrected chi connectivity index (χ0v) is 24.1. The number of hydrogen-bond acceptors (Lipinski definition) is 9. The van der Waals surface area contributed by atoms with Crippen molar-refractivity contribution in [2.75, 3.05) is 10.6 Å². The van der Waals surface area contributed by atoms with E-state index in [1.807, 2.05) is 0 Å². The first-order valence-electron chi connectivity index (χ1n) is 12.7. The van der Waals surface area contributed by atoms with Crippen LogP contribution in [-0.2, 0) is 21.3 Å². The third-order valence-electron chi connectivity index (χ3n) is 6.12. The van der Waals surface area contributed by atoms with Gasteiger partial charge < -0.3 is 20.1 Å². The number of alkyl carbamates (subject to hydrolysis) is 1. The minimum atomic E-state index is -3.12. The fraction of sp³-hybridized carbons (Fsp3) is 0.423. The van der Waals surface area contributed by atoms with Crippen molar-refractivity contribution in [1.29, 1.82) is 0 Å². The van der Waals surface area contributed by atoms with Gasteiger partial charge in [0, 0.05) is 31.6 Å². The van der Waals surface area contributed by atoms with Crippen LogP contribution in [-0.4, -0.2) is 60.1 Å². The molecule has 1 aliphatic carbocycles. The van der Waals surface area contributed by atoms with Crippen molar-refractivity contribution in [3.63, 3.8) is 0 Å². The lowest BCUT2D eigenvalue weighted by Crippen LogP contribution is -2.68. The molecule has 3 N–H and O–H groups in total. The zero-order chi connectivity index (χ0) is 30.9. The number of nitrogens with one attached hydrogen (secondary N) is 3. The second-order valence-corrected chi connectivity index (χ2v) is 11.1. The van der Waals surface area contributed by atoms with Crippen LogP contribution in [0.5, 0.6) is 0 Å². The summed E-state index contributed by atoms with van der Waals surface area (Å²) in [6.45, 7) is 6.48. The average Bonchev–Trinajstić information content (AvgIpc) is 3.21. The van der Waals surface area contributed by atoms with Crippen LogP contribution in [0, 0.1) is 0 Å². The van der Waals surface area contributed by atoms with Gasteiger partial charge >= 0.3 is 12.2 Å². The van der Waals surface area contributed by atoms with Crippen LogP contribution in [0.2, 0.25) is 5.15 Å². The van der Waals surface area contributed by atoms with Crippen LogP contribution in [0.3, 0.4) is 0 Å². The van der Waals surface area contributed by atoms with Gasteiger partial charge in [0.05, 0.1) is 17.6 Å². The molecule has 0 aromatic carbocycles. The van der Waals surface area contributed by atoms with E-state index in [2.05, 4.69) is 36.2 Å². The number of anilines is 2. The Morgan fingerprint density at radius 1 is 1.10 bits per heavy atom. The van der Waals surface area contributed by atoms with Gasteiger partial charge in [-0.15, -0.1) is 5.10 Å². The van der Waals surface area contributed by atoms with Gasteiger partial charge in [-0.3, -0.25) is 15.1 Å². The summed E-state index contributed by atoms with van der Waals surface area (Å²) in [5, 5.41) is 15.5. The minimum absolute atomic E-state index is 0.171. The smallest absolute Gasteiger partial charge is 0.413 e. The van der Waals surface area contributed by atoms with Gasteiger partial charge in [-0.05, 0) is 45.9 Å². The van der Waals surface area contributed by atoms with E-state index in [4.69, 9.17) is 21.1 Å². The van der Waals surface area contributed by atoms with Crippen molar-refractivity contribution in [1.82, 2.24) is 30.3 Å². The molecule has 0 saturated heterocycles. The number of amides is 3. The second-order valence-electron chi connectivity index (χ2n) is 10.8. The number of pyridine rings is 2. The topological polar surface area (TPSA) is 162 Å². The number of aryl methyl sites for hydroxylation is 1. The lowest BCUT2D eigenvalue weighted by atomic mass is 9.72. The van der Waals surface area contributed by atoms with Crippen molar-refractivity contribution in [2.24, 2.45) is 7.05 Å². The number of carbonyl (C=O) groups is 3. The van der Waals surface area contributed by atoms with Crippen molar-refractivity contribution >= 4 is 41.2 Å². The molecule has 224 valence electrons. The Kier molecular flexibility index (Phi) is 8.34. The highest BCUT2D eigenvalue weighted by Crippen LogP contribution is 2.46. The monoisotopic (exact) mass is 606 g/mol. The first kappa shape index (κ1) is 30.6. The molecule has 4 rings (SSSR count). The molecule has 13 nitrogen and oxygen atoms in total. The Hall–Kier alpha value is -4.40. The molecule has 3 aromatic rings. The quantitative estimate of drug-likeness (QED) is 0.319. The molecule has 0 bridgehead atoms. The standard InChI is InChI=1S/C26H29ClF2N8O5/c1-14(16-7-6-10-30-19(16)27)41-22(39)33-20-18(35-36-37(20)5)17-9-8-15(11-31-17)32-21(38)25(12-26(28,29)13-25)34-23(40)42-24(2,3)4/h6-11,14H,12-13H2,1-5H3,(H,32,38)(H,33,39)(H,34,40)/t14-/m1/s1. The fourth-order valence-electron chi connectivity index (χ4n) is 4.22. The predicted molar refractivity (Wildman–Crippen MR) is 147 cm³/mol. The highest BCUT2D eigenvalue weighted by atomic mass is 35.5. The highest BCUT2D eigenvalue weighted by Gasteiger charge is 2.62. The van der Waals surface area contributed by atoms with Crippen LogP contribution in [0.15, 0.2) is 36.7 Å². The van der Waals surface area contributed by atoms with E-state index in [0.29, 0.717) is 5.56 Å². The number of aromatic nitrogens is 5. The largest absolute Gasteiger partial charge is 0.444 e. The summed E-state index contributed by atoms with van der Waals surface area (Å²) in [4.78, 5) is 46.1. The van der Waals surface area contributed by atoms with Crippen LogP contribution in [0.4, 0.5) is 29.9 Å². The van der Waals surface area contributed by atoms with E-state index >= 15 is 0 Å². The number of rotatable bonds is 7. The molecule has 1 aliphatic rings. The number of carbonyl (C=O) groups excluding carboxylic acids is 3. The molecule has 3 aromatic heterocycles. The van der Waals surface area contributed by atoms with Gasteiger partial charge in [-0.1, -0.05) is 22.9 Å². The lowest BCUT2D eigenvalue weighted by Gasteiger charge is -2.45. The summed E-state index contributed by atoms with van der Waals surface area (Å²) in [7, 11) is 1.55. The predicted octanol–water partition coefficient (Wildman–Crippen LogP) is 4.87. The number of halogens is 3. The van der Waals surface area contributed by atoms with Gasteiger partial charge in [-0.25, -0.2) is 28.0 Å². The molecule has 3 amide bonds. The van der Waals surface area contributed by atoms with Gasteiger partial charge in [-0.2, -0.15) is 0 Å². The summed E-state index contributed by atoms with van der Waals surface area (Å²) >= 11 is 6.08. The number of alkyl halides is 2. The SMILES string of the molecule is C[C@@H](OC(=O)Nc1c(-c2ccc(NC(=O)C3(NC(=O)OC(C)(C)C)CC(F)(F)C3)cn2)nnn1C)c1cccnc1Cl. The third-order valence-corrected chi connectivity index (χ3v) is 6.43. The van der Waals surface area contributed by atoms with E-state index < -0.39 is 54.1 Å². The maximum Gasteiger partial charge on any atom is 0.413 e. The summed E-state index contributed by atoms with van der Waals surface area (Å²) < 4.78 is 39.5. The van der Waals surface area contributed by atoms with Crippen molar-refractivity contribution < 1.29 is 32.6 Å². The van der Waals surface area contributed by atoms with E-state index in [0.717, 1.165) is 0 Å². The zero-order valence-electron chi connectivity index (χ0n) is 23.4. The number of nitrogens with zero attached hydrogens (tertiary/aromatic N) is 5. The molecule has 42 heavy (non-hydrogen) atoms. The summed E-state index contributed by atoms with van der Waals surface area (Å²) in [5.74, 6) is -3.79. The molecule has 1 fully saturated rings. The Morgan fingerprint density at radius 3 is 2.40 bits per heavy atom. The van der Waals surface area contributed by atoms with Gasteiger partial charge in [0.2, 0.25) is 0 Å². The van der Waals surface area contributed by atoms with Crippen LogP contribution < -0.4 is 16.0 Å². The normalized spacial score (nSPS) is 16.0. The summed E-state index contributed by atoms with van der Waals surface area (Å²) in [6.07, 6.45) is -1.48. The van der Waals surface area contributed by atoms with Gasteiger partial charge in [0.15, 0.2) is 11.5 Å². The molecule has 0 aliphatic heterocycles. The van der Waals surface area contributed by atoms with E-state index in [-0.39, 0.29) is 28.0 Å². The second kappa shape index (κ2) is 11.5. The van der Waals surface area contributed by atoms with Crippen molar-refractivity contribution in [2.45, 2.75) is 63.7 Å². The van der Waals surface area contributed by atoms with Crippen LogP contribution in [0.1, 0.15) is 52.2 Å². The summed E-state index contributed by atoms with van der Waals surface area (Å²) in [6, 6.07) is 6.29. The van der Waals surface area contributed by atoms with E-state index in [1.54, 1.807) is 46.9 Å². The maximum atomic E-state index is 13.8. The fourth-order valence-corrected chi connectivity index (χ4v) is 4.49. The van der Waals surface area contributed by atoms with Crippen molar-refractivity contribution in [3.8, 4) is 11.4 Å². The molecule has 1 saturated carbocycles. The molecule has 3 heterocycles. The molecule has 0 unspecified atom stereocenters. The molecule has 16 heteroatoms. The van der Waals surface area contributed by atoms with Crippen LogP contribution in [0.25, 0.3) is 11.4 Å². The number of ether oxygens (including phenoxy) is 2. The number of hydrogen-bond donors (Lipinski definition) is 3. The molecular formula is C26H29ClF2N8O5. The Balaban J connectivity index is 1.44. The third kappa shape index (κ3) is 7.08. The first-order valence-corrected chi connectivity index (χ1v) is 13.1. The molecule has 1 atom stereocenters. The Morgan fingerprint density at radius 2 is 1.81 bits per heavy atom. The maximum absolute atomic E-state index is 13.8. The lowest BCUT2D eigenvalue weighted by molar-refractivity contribution is -0.157. The first-order chi connectivity index (χ1) is 19.6. The minimum Gasteiger partial charge on any atom is -0.444 e. The summed E-state index contributed by atoms with van der Waals surface area (Å²) in [5.41, 5.74) is -1.58. The van der Waals surface area contributed by atoms with E-state index in [9.17, 15) is 23.2 Å². The Labute approximate surface area is 244 Å². The molecule has 0 radical (unpaired) electrons. The van der Waals surface area contributed by atoms with Gasteiger partial charge in [0.1, 0.15) is 22.4 Å².